The summed E-state index contributed by atoms with van der Waals surface area (Å²) in [4.78, 5) is 0. The minimum Gasteiger partial charge on any atom is -0.327 e. The molecule has 2 N–H and O–H groups in total. The van der Waals surface area contributed by atoms with E-state index in [9.17, 15) is 0 Å². The minimum atomic E-state index is 0.393. The summed E-state index contributed by atoms with van der Waals surface area (Å²) in [5.41, 5.74) is 6.17. The smallest absolute Gasteiger partial charge is 0.00696 e. The highest BCUT2D eigenvalue weighted by Gasteiger charge is 2.18. The van der Waals surface area contributed by atoms with Crippen LogP contribution in [0.4, 0.5) is 0 Å². The largest absolute Gasteiger partial charge is 0.327 e. The summed E-state index contributed by atoms with van der Waals surface area (Å²) in [5.74, 6) is 2.20. The van der Waals surface area contributed by atoms with Gasteiger partial charge in [0.1, 0.15) is 0 Å². The molecule has 0 saturated carbocycles. The summed E-state index contributed by atoms with van der Waals surface area (Å²) < 4.78 is 0. The molecule has 0 rings (SSSR count). The third kappa shape index (κ3) is 4.66. The first kappa shape index (κ1) is 13.0. The molecule has 80 valence electrons. The fourth-order valence-electron chi connectivity index (χ4n) is 1.72. The molecule has 0 aromatic heterocycles. The van der Waals surface area contributed by atoms with Crippen molar-refractivity contribution in [3.8, 4) is 0 Å². The monoisotopic (exact) mass is 185 g/mol. The van der Waals surface area contributed by atoms with Crippen molar-refractivity contribution in [1.29, 1.82) is 0 Å². The van der Waals surface area contributed by atoms with E-state index in [0.29, 0.717) is 17.9 Å². The van der Waals surface area contributed by atoms with Gasteiger partial charge >= 0.3 is 0 Å². The summed E-state index contributed by atoms with van der Waals surface area (Å²) >= 11 is 0. The molecule has 0 saturated heterocycles. The van der Waals surface area contributed by atoms with Gasteiger partial charge in [-0.2, -0.15) is 0 Å². The molecule has 1 nitrogen and oxygen atoms in total. The molecule has 1 heteroatoms. The van der Waals surface area contributed by atoms with Gasteiger partial charge in [-0.05, 0) is 24.2 Å². The molecule has 0 aromatic rings. The quantitative estimate of drug-likeness (QED) is 0.674. The van der Waals surface area contributed by atoms with Crippen LogP contribution in [0.3, 0.4) is 0 Å². The fourth-order valence-corrected chi connectivity index (χ4v) is 1.72. The molecule has 13 heavy (non-hydrogen) atoms. The Bertz CT molecular complexity index is 116. The number of hydrogen-bond donors (Lipinski definition) is 1. The van der Waals surface area contributed by atoms with Crippen molar-refractivity contribution in [1.82, 2.24) is 0 Å². The highest BCUT2D eigenvalue weighted by molar-refractivity contribution is 4.74. The maximum Gasteiger partial charge on any atom is 0.00696 e. The number of nitrogens with two attached hydrogens (primary N) is 1. The van der Waals surface area contributed by atoms with Crippen LogP contribution < -0.4 is 5.73 Å². The fraction of sp³-hybridized carbons (Fsp3) is 1.00. The van der Waals surface area contributed by atoms with Gasteiger partial charge in [0.05, 0.1) is 0 Å². The van der Waals surface area contributed by atoms with Gasteiger partial charge in [0, 0.05) is 6.04 Å². The van der Waals surface area contributed by atoms with Gasteiger partial charge < -0.3 is 5.73 Å². The summed E-state index contributed by atoms with van der Waals surface area (Å²) in [6, 6.07) is 0.393. The van der Waals surface area contributed by atoms with E-state index < -0.39 is 0 Å². The van der Waals surface area contributed by atoms with Gasteiger partial charge in [0.25, 0.3) is 0 Å². The molecule has 0 bridgehead atoms. The second kappa shape index (κ2) is 6.42. The summed E-state index contributed by atoms with van der Waals surface area (Å²) in [6.45, 7) is 11.3. The zero-order chi connectivity index (χ0) is 10.4. The SMILES string of the molecule is CCC(CC)CC(N)C(C)C(C)C. The van der Waals surface area contributed by atoms with Crippen molar-refractivity contribution in [2.24, 2.45) is 23.5 Å². The lowest BCUT2D eigenvalue weighted by atomic mass is 9.84. The maximum absolute atomic E-state index is 6.17. The lowest BCUT2D eigenvalue weighted by Gasteiger charge is -2.26. The Morgan fingerprint density at radius 3 is 1.77 bits per heavy atom. The van der Waals surface area contributed by atoms with Crippen molar-refractivity contribution in [2.75, 3.05) is 0 Å². The van der Waals surface area contributed by atoms with E-state index in [4.69, 9.17) is 5.73 Å². The van der Waals surface area contributed by atoms with Crippen LogP contribution in [0.15, 0.2) is 0 Å². The van der Waals surface area contributed by atoms with E-state index in [-0.39, 0.29) is 0 Å². The molecule has 0 radical (unpaired) electrons. The Labute approximate surface area is 84.1 Å². The molecule has 0 aliphatic carbocycles. The maximum atomic E-state index is 6.17. The van der Waals surface area contributed by atoms with Gasteiger partial charge in [-0.1, -0.05) is 47.5 Å². The molecule has 2 unspecified atom stereocenters. The van der Waals surface area contributed by atoms with E-state index in [0.717, 1.165) is 5.92 Å². The number of hydrogen-bond acceptors (Lipinski definition) is 1. The third-order valence-electron chi connectivity index (χ3n) is 3.49. The molecule has 0 amide bonds. The average molecular weight is 185 g/mol. The normalized spacial score (nSPS) is 16.6. The van der Waals surface area contributed by atoms with Crippen LogP contribution in [0.25, 0.3) is 0 Å². The average Bonchev–Trinajstić information content (AvgIpc) is 2.12. The van der Waals surface area contributed by atoms with Crippen molar-refractivity contribution in [3.05, 3.63) is 0 Å². The van der Waals surface area contributed by atoms with Crippen LogP contribution in [0, 0.1) is 17.8 Å². The zero-order valence-corrected chi connectivity index (χ0v) is 10.0. The molecule has 0 heterocycles. The minimum absolute atomic E-state index is 0.393. The van der Waals surface area contributed by atoms with E-state index in [1.54, 1.807) is 0 Å². The molecule has 0 aliphatic heterocycles. The highest BCUT2D eigenvalue weighted by Crippen LogP contribution is 2.21. The molecule has 0 fully saturated rings. The third-order valence-corrected chi connectivity index (χ3v) is 3.49. The van der Waals surface area contributed by atoms with Crippen LogP contribution in [-0.2, 0) is 0 Å². The van der Waals surface area contributed by atoms with E-state index in [2.05, 4.69) is 34.6 Å². The predicted octanol–water partition coefficient (Wildman–Crippen LogP) is 3.43. The predicted molar refractivity (Wildman–Crippen MR) is 60.7 cm³/mol. The molecule has 2 atom stereocenters. The first-order valence-corrected chi connectivity index (χ1v) is 5.78. The van der Waals surface area contributed by atoms with Gasteiger partial charge in [-0.15, -0.1) is 0 Å². The van der Waals surface area contributed by atoms with Gasteiger partial charge in [0.2, 0.25) is 0 Å². The van der Waals surface area contributed by atoms with Crippen LogP contribution >= 0.6 is 0 Å². The van der Waals surface area contributed by atoms with Crippen LogP contribution in [0.5, 0.6) is 0 Å². The second-order valence-electron chi connectivity index (χ2n) is 4.69. The Morgan fingerprint density at radius 2 is 1.46 bits per heavy atom. The van der Waals surface area contributed by atoms with Gasteiger partial charge in [-0.25, -0.2) is 0 Å². The molecular formula is C12H27N. The number of rotatable bonds is 6. The first-order chi connectivity index (χ1) is 6.02. The van der Waals surface area contributed by atoms with Crippen LogP contribution in [-0.4, -0.2) is 6.04 Å². The zero-order valence-electron chi connectivity index (χ0n) is 10.0. The van der Waals surface area contributed by atoms with Crippen LogP contribution in [0.2, 0.25) is 0 Å². The first-order valence-electron chi connectivity index (χ1n) is 5.78. The Balaban J connectivity index is 3.89. The molecular weight excluding hydrogens is 158 g/mol. The van der Waals surface area contributed by atoms with Gasteiger partial charge in [0.15, 0.2) is 0 Å². The Morgan fingerprint density at radius 1 is 1.00 bits per heavy atom. The van der Waals surface area contributed by atoms with Gasteiger partial charge in [-0.3, -0.25) is 0 Å². The van der Waals surface area contributed by atoms with Crippen molar-refractivity contribution < 1.29 is 0 Å². The summed E-state index contributed by atoms with van der Waals surface area (Å²) in [6.07, 6.45) is 3.75. The lowest BCUT2D eigenvalue weighted by molar-refractivity contribution is 0.288. The van der Waals surface area contributed by atoms with Crippen LogP contribution in [0.1, 0.15) is 53.9 Å². The molecule has 0 aromatic carbocycles. The Kier molecular flexibility index (Phi) is 6.40. The van der Waals surface area contributed by atoms with E-state index in [1.807, 2.05) is 0 Å². The highest BCUT2D eigenvalue weighted by atomic mass is 14.6. The topological polar surface area (TPSA) is 26.0 Å². The van der Waals surface area contributed by atoms with E-state index >= 15 is 0 Å². The van der Waals surface area contributed by atoms with Crippen molar-refractivity contribution >= 4 is 0 Å². The van der Waals surface area contributed by atoms with Crippen molar-refractivity contribution in [3.63, 3.8) is 0 Å². The standard InChI is InChI=1S/C12H27N/c1-6-11(7-2)8-12(13)10(5)9(3)4/h9-12H,6-8,13H2,1-5H3. The summed E-state index contributed by atoms with van der Waals surface area (Å²) in [7, 11) is 0. The van der Waals surface area contributed by atoms with Crippen molar-refractivity contribution in [2.45, 2.75) is 59.9 Å². The molecule has 0 spiro atoms. The Hall–Kier alpha value is -0.0400. The summed E-state index contributed by atoms with van der Waals surface area (Å²) in [5, 5.41) is 0. The molecule has 0 aliphatic rings. The second-order valence-corrected chi connectivity index (χ2v) is 4.69. The lowest BCUT2D eigenvalue weighted by Crippen LogP contribution is -2.33. The van der Waals surface area contributed by atoms with E-state index in [1.165, 1.54) is 19.3 Å².